The van der Waals surface area contributed by atoms with Crippen molar-refractivity contribution in [3.05, 3.63) is 64.2 Å². The molecule has 0 saturated carbocycles. The number of rotatable bonds is 7. The first-order chi connectivity index (χ1) is 12.1. The molecule has 3 rings (SSSR count). The van der Waals surface area contributed by atoms with Crippen LogP contribution in [0.3, 0.4) is 0 Å². The van der Waals surface area contributed by atoms with Gasteiger partial charge in [-0.2, -0.15) is 0 Å². The maximum atomic E-state index is 12.7. The van der Waals surface area contributed by atoms with Crippen LogP contribution < -0.4 is 15.9 Å². The maximum absolute atomic E-state index is 12.7. The maximum Gasteiger partial charge on any atom is 0.227 e. The highest BCUT2D eigenvalue weighted by Gasteiger charge is 2.37. The second-order valence-electron chi connectivity index (χ2n) is 6.32. The fourth-order valence-corrected chi connectivity index (χ4v) is 2.91. The monoisotopic (exact) mass is 343 g/mol. The van der Waals surface area contributed by atoms with Gasteiger partial charge >= 0.3 is 0 Å². The Hall–Kier alpha value is -2.44. The summed E-state index contributed by atoms with van der Waals surface area (Å²) in [5.74, 6) is -0.401. The molecule has 132 valence electrons. The van der Waals surface area contributed by atoms with Crippen LogP contribution in [-0.4, -0.2) is 25.5 Å². The minimum Gasteiger partial charge on any atom is -0.481 e. The van der Waals surface area contributed by atoms with Crippen LogP contribution in [0.15, 0.2) is 51.9 Å². The topological polar surface area (TPSA) is 91.8 Å². The lowest BCUT2D eigenvalue weighted by atomic mass is 9.82. The molecule has 1 aromatic carbocycles. The van der Waals surface area contributed by atoms with Gasteiger partial charge in [0.05, 0.1) is 12.9 Å². The van der Waals surface area contributed by atoms with Crippen molar-refractivity contribution in [2.24, 2.45) is 11.1 Å². The molecule has 1 aromatic heterocycles. The van der Waals surface area contributed by atoms with Gasteiger partial charge in [0.15, 0.2) is 0 Å². The molecule has 1 atom stereocenters. The average Bonchev–Trinajstić information content (AvgIpc) is 3.10. The SMILES string of the molecule is NCC1(CC(=O)c2occc(=O)c2OCc2ccccc2)CCOC1. The lowest BCUT2D eigenvalue weighted by Crippen LogP contribution is -2.33. The van der Waals surface area contributed by atoms with Crippen LogP contribution >= 0.6 is 0 Å². The summed E-state index contributed by atoms with van der Waals surface area (Å²) in [6, 6.07) is 10.7. The largest absolute Gasteiger partial charge is 0.481 e. The fraction of sp³-hybridized carbons (Fsp3) is 0.368. The standard InChI is InChI=1S/C19H21NO5/c20-12-19(7-9-23-13-19)10-16(22)18-17(15(21)6-8-24-18)25-11-14-4-2-1-3-5-14/h1-6,8H,7,9-13,20H2. The Morgan fingerprint density at radius 1 is 1.24 bits per heavy atom. The number of carbonyl (C=O) groups is 1. The summed E-state index contributed by atoms with van der Waals surface area (Å²) in [5.41, 5.74) is 5.96. The van der Waals surface area contributed by atoms with Crippen LogP contribution in [0.5, 0.6) is 5.75 Å². The first kappa shape index (κ1) is 17.4. The van der Waals surface area contributed by atoms with Gasteiger partial charge in [-0.15, -0.1) is 0 Å². The van der Waals surface area contributed by atoms with Crippen LogP contribution in [-0.2, 0) is 11.3 Å². The molecule has 1 fully saturated rings. The van der Waals surface area contributed by atoms with E-state index < -0.39 is 5.41 Å². The van der Waals surface area contributed by atoms with Crippen LogP contribution in [0.1, 0.15) is 29.0 Å². The third kappa shape index (κ3) is 3.97. The molecule has 1 aliphatic rings. The Bertz CT molecular complexity index is 778. The van der Waals surface area contributed by atoms with Crippen LogP contribution in [0.2, 0.25) is 0 Å². The van der Waals surface area contributed by atoms with Crippen molar-refractivity contribution in [1.29, 1.82) is 0 Å². The van der Waals surface area contributed by atoms with Gasteiger partial charge in [-0.3, -0.25) is 9.59 Å². The molecule has 25 heavy (non-hydrogen) atoms. The van der Waals surface area contributed by atoms with Gasteiger partial charge in [0.1, 0.15) is 6.61 Å². The minimum atomic E-state index is -0.401. The van der Waals surface area contributed by atoms with Gasteiger partial charge in [-0.1, -0.05) is 30.3 Å². The van der Waals surface area contributed by atoms with Crippen molar-refractivity contribution in [3.63, 3.8) is 0 Å². The second kappa shape index (κ2) is 7.63. The smallest absolute Gasteiger partial charge is 0.227 e. The molecule has 1 aliphatic heterocycles. The molecule has 0 radical (unpaired) electrons. The zero-order valence-electron chi connectivity index (χ0n) is 13.9. The van der Waals surface area contributed by atoms with Crippen molar-refractivity contribution in [1.82, 2.24) is 0 Å². The molecule has 6 nitrogen and oxygen atoms in total. The fourth-order valence-electron chi connectivity index (χ4n) is 2.91. The normalized spacial score (nSPS) is 19.7. The number of hydrogen-bond donors (Lipinski definition) is 1. The molecule has 0 aliphatic carbocycles. The zero-order valence-corrected chi connectivity index (χ0v) is 13.9. The molecule has 1 saturated heterocycles. The minimum absolute atomic E-state index is 0.0526. The van der Waals surface area contributed by atoms with Gasteiger partial charge < -0.3 is 19.6 Å². The number of hydrogen-bond acceptors (Lipinski definition) is 6. The number of ether oxygens (including phenoxy) is 2. The van der Waals surface area contributed by atoms with Crippen molar-refractivity contribution in [2.75, 3.05) is 19.8 Å². The highest BCUT2D eigenvalue weighted by Crippen LogP contribution is 2.33. The van der Waals surface area contributed by atoms with E-state index in [2.05, 4.69) is 0 Å². The summed E-state index contributed by atoms with van der Waals surface area (Å²) in [5, 5.41) is 0. The molecule has 2 N–H and O–H groups in total. The van der Waals surface area contributed by atoms with Crippen molar-refractivity contribution in [2.45, 2.75) is 19.4 Å². The number of nitrogens with two attached hydrogens (primary N) is 1. The Morgan fingerprint density at radius 2 is 2.04 bits per heavy atom. The van der Waals surface area contributed by atoms with E-state index in [1.54, 1.807) is 0 Å². The molecule has 2 aromatic rings. The van der Waals surface area contributed by atoms with E-state index in [1.165, 1.54) is 12.3 Å². The molecule has 2 heterocycles. The van der Waals surface area contributed by atoms with Crippen molar-refractivity contribution < 1.29 is 18.7 Å². The predicted octanol–water partition coefficient (Wildman–Crippen LogP) is 2.16. The predicted molar refractivity (Wildman–Crippen MR) is 91.6 cm³/mol. The summed E-state index contributed by atoms with van der Waals surface area (Å²) in [6.07, 6.45) is 2.09. The lowest BCUT2D eigenvalue weighted by molar-refractivity contribution is 0.0847. The molecule has 1 unspecified atom stereocenters. The number of benzene rings is 1. The third-order valence-electron chi connectivity index (χ3n) is 4.47. The van der Waals surface area contributed by atoms with Crippen LogP contribution in [0.4, 0.5) is 0 Å². The molecule has 0 spiro atoms. The van der Waals surface area contributed by atoms with Gasteiger partial charge in [-0.05, 0) is 12.0 Å². The van der Waals surface area contributed by atoms with Crippen molar-refractivity contribution in [3.8, 4) is 5.75 Å². The average molecular weight is 343 g/mol. The molecule has 0 bridgehead atoms. The van der Waals surface area contributed by atoms with E-state index in [0.717, 1.165) is 5.56 Å². The zero-order chi connectivity index (χ0) is 17.7. The van der Waals surface area contributed by atoms with Gasteiger partial charge in [0.25, 0.3) is 0 Å². The quantitative estimate of drug-likeness (QED) is 0.775. The van der Waals surface area contributed by atoms with E-state index in [1.807, 2.05) is 30.3 Å². The Labute approximate surface area is 145 Å². The summed E-state index contributed by atoms with van der Waals surface area (Å²) in [6.45, 7) is 1.55. The molecule has 6 heteroatoms. The first-order valence-corrected chi connectivity index (χ1v) is 8.23. The highest BCUT2D eigenvalue weighted by atomic mass is 16.5. The summed E-state index contributed by atoms with van der Waals surface area (Å²) in [4.78, 5) is 24.9. The summed E-state index contributed by atoms with van der Waals surface area (Å²) >= 11 is 0. The van der Waals surface area contributed by atoms with E-state index in [4.69, 9.17) is 19.6 Å². The van der Waals surface area contributed by atoms with Crippen molar-refractivity contribution >= 4 is 5.78 Å². The van der Waals surface area contributed by atoms with E-state index in [0.29, 0.717) is 26.2 Å². The lowest BCUT2D eigenvalue weighted by Gasteiger charge is -2.24. The Morgan fingerprint density at radius 3 is 2.72 bits per heavy atom. The van der Waals surface area contributed by atoms with Gasteiger partial charge in [0.2, 0.25) is 22.7 Å². The molecular weight excluding hydrogens is 322 g/mol. The van der Waals surface area contributed by atoms with E-state index >= 15 is 0 Å². The van der Waals surface area contributed by atoms with Gasteiger partial charge in [-0.25, -0.2) is 0 Å². The summed E-state index contributed by atoms with van der Waals surface area (Å²) < 4.78 is 16.3. The van der Waals surface area contributed by atoms with Gasteiger partial charge in [0, 0.05) is 31.1 Å². The molecule has 0 amide bonds. The number of carbonyl (C=O) groups excluding carboxylic acids is 1. The van der Waals surface area contributed by atoms with E-state index in [-0.39, 0.29) is 35.7 Å². The second-order valence-corrected chi connectivity index (χ2v) is 6.32. The first-order valence-electron chi connectivity index (χ1n) is 8.23. The molecular formula is C19H21NO5. The van der Waals surface area contributed by atoms with E-state index in [9.17, 15) is 9.59 Å². The number of Topliss-reactive ketones (excluding diaryl/α,β-unsaturated/α-hetero) is 1. The summed E-state index contributed by atoms with van der Waals surface area (Å²) in [7, 11) is 0. The highest BCUT2D eigenvalue weighted by molar-refractivity contribution is 5.96. The van der Waals surface area contributed by atoms with Crippen LogP contribution in [0.25, 0.3) is 0 Å². The van der Waals surface area contributed by atoms with Crippen LogP contribution in [0, 0.1) is 5.41 Å². The number of ketones is 1. The Balaban J connectivity index is 1.80. The Kier molecular flexibility index (Phi) is 5.31. The third-order valence-corrected chi connectivity index (χ3v) is 4.47.